The summed E-state index contributed by atoms with van der Waals surface area (Å²) in [5.41, 5.74) is 4.14. The van der Waals surface area contributed by atoms with Crippen molar-refractivity contribution >= 4 is 17.0 Å². The van der Waals surface area contributed by atoms with Gasteiger partial charge >= 0.3 is 5.97 Å². The molecule has 3 rings (SSSR count). The molecule has 0 spiro atoms. The van der Waals surface area contributed by atoms with E-state index >= 15 is 0 Å². The van der Waals surface area contributed by atoms with Crippen LogP contribution in [0.15, 0.2) is 48.8 Å². The fourth-order valence-corrected chi connectivity index (χ4v) is 2.66. The summed E-state index contributed by atoms with van der Waals surface area (Å²) in [4.78, 5) is 15.7. The number of imidazole rings is 1. The second kappa shape index (κ2) is 5.40. The van der Waals surface area contributed by atoms with E-state index in [-0.39, 0.29) is 0 Å². The number of nitrogens with zero attached hydrogens (tertiary/aromatic N) is 2. The summed E-state index contributed by atoms with van der Waals surface area (Å²) in [6.45, 7) is 2.75. The second-order valence-electron chi connectivity index (χ2n) is 4.97. The van der Waals surface area contributed by atoms with Crippen LogP contribution in [0.2, 0.25) is 0 Å². The molecule has 0 fully saturated rings. The normalized spacial score (nSPS) is 10.9. The van der Waals surface area contributed by atoms with E-state index in [1.54, 1.807) is 18.5 Å². The number of carboxylic acids is 1. The zero-order valence-corrected chi connectivity index (χ0v) is 11.8. The van der Waals surface area contributed by atoms with Gasteiger partial charge in [0.15, 0.2) is 0 Å². The van der Waals surface area contributed by atoms with Crippen LogP contribution in [0, 0.1) is 0 Å². The van der Waals surface area contributed by atoms with Gasteiger partial charge in [-0.2, -0.15) is 0 Å². The number of rotatable bonds is 4. The zero-order valence-electron chi connectivity index (χ0n) is 11.8. The molecular formula is C17H16N2O2. The van der Waals surface area contributed by atoms with Crippen molar-refractivity contribution in [3.63, 3.8) is 0 Å². The third-order valence-corrected chi connectivity index (χ3v) is 3.71. The highest BCUT2D eigenvalue weighted by molar-refractivity contribution is 6.01. The van der Waals surface area contributed by atoms with Gasteiger partial charge in [-0.05, 0) is 29.7 Å². The SMILES string of the molecule is CCc1ccccc1Cn1cnc2cccc(C(=O)O)c21. The minimum Gasteiger partial charge on any atom is -0.478 e. The second-order valence-corrected chi connectivity index (χ2v) is 4.97. The molecule has 0 radical (unpaired) electrons. The van der Waals surface area contributed by atoms with E-state index in [4.69, 9.17) is 0 Å². The maximum absolute atomic E-state index is 11.4. The number of para-hydroxylation sites is 1. The summed E-state index contributed by atoms with van der Waals surface area (Å²) in [5, 5.41) is 9.35. The largest absolute Gasteiger partial charge is 0.478 e. The van der Waals surface area contributed by atoms with E-state index in [0.29, 0.717) is 23.1 Å². The Labute approximate surface area is 122 Å². The predicted molar refractivity (Wildman–Crippen MR) is 81.6 cm³/mol. The monoisotopic (exact) mass is 280 g/mol. The molecule has 0 aliphatic heterocycles. The number of carboxylic acid groups (broad SMARTS) is 1. The van der Waals surface area contributed by atoms with Crippen molar-refractivity contribution in [3.8, 4) is 0 Å². The van der Waals surface area contributed by atoms with Crippen LogP contribution in [-0.4, -0.2) is 20.6 Å². The van der Waals surface area contributed by atoms with Gasteiger partial charge in [0.2, 0.25) is 0 Å². The van der Waals surface area contributed by atoms with E-state index in [1.165, 1.54) is 11.1 Å². The van der Waals surface area contributed by atoms with E-state index in [1.807, 2.05) is 22.8 Å². The standard InChI is InChI=1S/C17H16N2O2/c1-2-12-6-3-4-7-13(12)10-19-11-18-15-9-5-8-14(16(15)19)17(20)21/h3-9,11H,2,10H2,1H3,(H,20,21). The molecule has 1 aromatic heterocycles. The zero-order chi connectivity index (χ0) is 14.8. The average Bonchev–Trinajstić information content (AvgIpc) is 2.91. The molecule has 0 saturated heterocycles. The molecule has 0 aliphatic rings. The summed E-state index contributed by atoms with van der Waals surface area (Å²) in [5.74, 6) is -0.925. The number of fused-ring (bicyclic) bond motifs is 1. The maximum atomic E-state index is 11.4. The lowest BCUT2D eigenvalue weighted by molar-refractivity contribution is 0.0698. The molecule has 106 valence electrons. The predicted octanol–water partition coefficient (Wildman–Crippen LogP) is 3.35. The lowest BCUT2D eigenvalue weighted by Crippen LogP contribution is -2.05. The first-order valence-corrected chi connectivity index (χ1v) is 6.94. The highest BCUT2D eigenvalue weighted by atomic mass is 16.4. The van der Waals surface area contributed by atoms with Crippen LogP contribution in [0.3, 0.4) is 0 Å². The third-order valence-electron chi connectivity index (χ3n) is 3.71. The quantitative estimate of drug-likeness (QED) is 0.797. The number of hydrogen-bond acceptors (Lipinski definition) is 2. The molecule has 1 heterocycles. The first-order valence-electron chi connectivity index (χ1n) is 6.94. The fourth-order valence-electron chi connectivity index (χ4n) is 2.66. The van der Waals surface area contributed by atoms with Crippen molar-refractivity contribution < 1.29 is 9.90 Å². The molecule has 0 aliphatic carbocycles. The maximum Gasteiger partial charge on any atom is 0.337 e. The number of aromatic nitrogens is 2. The molecule has 0 unspecified atom stereocenters. The van der Waals surface area contributed by atoms with Gasteiger partial charge in [0, 0.05) is 6.54 Å². The Bertz CT molecular complexity index is 805. The number of carbonyl (C=O) groups is 1. The van der Waals surface area contributed by atoms with Gasteiger partial charge in [-0.3, -0.25) is 0 Å². The van der Waals surface area contributed by atoms with Gasteiger partial charge in [-0.15, -0.1) is 0 Å². The van der Waals surface area contributed by atoms with Crippen molar-refractivity contribution in [2.75, 3.05) is 0 Å². The number of aromatic carboxylic acids is 1. The van der Waals surface area contributed by atoms with Gasteiger partial charge in [0.05, 0.1) is 22.9 Å². The third kappa shape index (κ3) is 2.40. The molecule has 21 heavy (non-hydrogen) atoms. The molecule has 3 aromatic rings. The number of benzene rings is 2. The van der Waals surface area contributed by atoms with E-state index < -0.39 is 5.97 Å². The van der Waals surface area contributed by atoms with Crippen molar-refractivity contribution in [2.45, 2.75) is 19.9 Å². The van der Waals surface area contributed by atoms with Crippen LogP contribution >= 0.6 is 0 Å². The Morgan fingerprint density at radius 2 is 1.90 bits per heavy atom. The summed E-state index contributed by atoms with van der Waals surface area (Å²) in [6, 6.07) is 13.4. The topological polar surface area (TPSA) is 55.1 Å². The lowest BCUT2D eigenvalue weighted by atomic mass is 10.1. The highest BCUT2D eigenvalue weighted by Gasteiger charge is 2.13. The van der Waals surface area contributed by atoms with Gasteiger partial charge in [0.1, 0.15) is 0 Å². The van der Waals surface area contributed by atoms with Gasteiger partial charge in [0.25, 0.3) is 0 Å². The van der Waals surface area contributed by atoms with Crippen LogP contribution in [0.4, 0.5) is 0 Å². The van der Waals surface area contributed by atoms with Crippen molar-refractivity contribution in [1.82, 2.24) is 9.55 Å². The Hall–Kier alpha value is -2.62. The van der Waals surface area contributed by atoms with E-state index in [0.717, 1.165) is 6.42 Å². The summed E-state index contributed by atoms with van der Waals surface area (Å²) in [6.07, 6.45) is 2.66. The number of aryl methyl sites for hydroxylation is 1. The smallest absolute Gasteiger partial charge is 0.337 e. The molecule has 1 N–H and O–H groups in total. The van der Waals surface area contributed by atoms with Crippen LogP contribution in [0.25, 0.3) is 11.0 Å². The van der Waals surface area contributed by atoms with E-state index in [2.05, 4.69) is 24.0 Å². The minimum atomic E-state index is -0.925. The van der Waals surface area contributed by atoms with Gasteiger partial charge < -0.3 is 9.67 Å². The highest BCUT2D eigenvalue weighted by Crippen LogP contribution is 2.20. The first-order chi connectivity index (χ1) is 10.2. The summed E-state index contributed by atoms with van der Waals surface area (Å²) < 4.78 is 1.91. The van der Waals surface area contributed by atoms with Crippen LogP contribution in [0.5, 0.6) is 0 Å². The fraction of sp³-hybridized carbons (Fsp3) is 0.176. The number of hydrogen-bond donors (Lipinski definition) is 1. The Morgan fingerprint density at radius 3 is 2.62 bits per heavy atom. The summed E-state index contributed by atoms with van der Waals surface area (Å²) in [7, 11) is 0. The molecule has 0 amide bonds. The molecule has 4 nitrogen and oxygen atoms in total. The van der Waals surface area contributed by atoms with Crippen LogP contribution < -0.4 is 0 Å². The van der Waals surface area contributed by atoms with Crippen molar-refractivity contribution in [1.29, 1.82) is 0 Å². The Morgan fingerprint density at radius 1 is 1.14 bits per heavy atom. The molecule has 0 atom stereocenters. The molecule has 0 saturated carbocycles. The van der Waals surface area contributed by atoms with Crippen molar-refractivity contribution in [2.24, 2.45) is 0 Å². The van der Waals surface area contributed by atoms with Crippen LogP contribution in [-0.2, 0) is 13.0 Å². The Kier molecular flexibility index (Phi) is 3.44. The molecule has 4 heteroatoms. The Balaban J connectivity index is 2.11. The molecule has 0 bridgehead atoms. The average molecular weight is 280 g/mol. The van der Waals surface area contributed by atoms with Gasteiger partial charge in [-0.1, -0.05) is 37.3 Å². The van der Waals surface area contributed by atoms with Crippen LogP contribution in [0.1, 0.15) is 28.4 Å². The van der Waals surface area contributed by atoms with Gasteiger partial charge in [-0.25, -0.2) is 9.78 Å². The minimum absolute atomic E-state index is 0.291. The van der Waals surface area contributed by atoms with Crippen molar-refractivity contribution in [3.05, 3.63) is 65.5 Å². The molecule has 2 aromatic carbocycles. The summed E-state index contributed by atoms with van der Waals surface area (Å²) >= 11 is 0. The first kappa shape index (κ1) is 13.4. The lowest BCUT2D eigenvalue weighted by Gasteiger charge is -2.10. The molecular weight excluding hydrogens is 264 g/mol. The van der Waals surface area contributed by atoms with E-state index in [9.17, 15) is 9.90 Å².